The third-order valence-corrected chi connectivity index (χ3v) is 5.80. The van der Waals surface area contributed by atoms with Crippen molar-refractivity contribution in [2.75, 3.05) is 45.9 Å². The van der Waals surface area contributed by atoms with E-state index in [0.717, 1.165) is 70.3 Å². The molecule has 4 rings (SSSR count). The van der Waals surface area contributed by atoms with Gasteiger partial charge in [0, 0.05) is 63.5 Å². The Labute approximate surface area is 149 Å². The number of rotatable bonds is 5. The Morgan fingerprint density at radius 2 is 2.00 bits per heavy atom. The minimum absolute atomic E-state index is 0.324. The first kappa shape index (κ1) is 16.9. The summed E-state index contributed by atoms with van der Waals surface area (Å²) in [5, 5.41) is 0. The SMILES string of the molecule is Cc1cccc(CN2CC[C@@H]3[C@@H]2CC(=O)N3CCN2CCOCC2)n1. The highest BCUT2D eigenvalue weighted by Gasteiger charge is 2.46. The van der Waals surface area contributed by atoms with E-state index in [1.165, 1.54) is 0 Å². The van der Waals surface area contributed by atoms with Crippen molar-refractivity contribution in [3.05, 3.63) is 29.6 Å². The molecule has 1 aromatic heterocycles. The van der Waals surface area contributed by atoms with Crippen LogP contribution in [0.3, 0.4) is 0 Å². The van der Waals surface area contributed by atoms with E-state index in [4.69, 9.17) is 4.74 Å². The second-order valence-corrected chi connectivity index (χ2v) is 7.41. The smallest absolute Gasteiger partial charge is 0.224 e. The lowest BCUT2D eigenvalue weighted by atomic mass is 10.1. The summed E-state index contributed by atoms with van der Waals surface area (Å²) in [4.78, 5) is 24.2. The van der Waals surface area contributed by atoms with Crippen molar-refractivity contribution in [3.8, 4) is 0 Å². The number of ether oxygens (including phenoxy) is 1. The molecule has 0 N–H and O–H groups in total. The molecule has 1 amide bonds. The molecule has 1 aromatic rings. The van der Waals surface area contributed by atoms with Crippen LogP contribution in [0.25, 0.3) is 0 Å². The molecular weight excluding hydrogens is 316 g/mol. The van der Waals surface area contributed by atoms with Crippen LogP contribution in [-0.2, 0) is 16.1 Å². The fraction of sp³-hybridized carbons (Fsp3) is 0.684. The number of fused-ring (bicyclic) bond motifs is 1. The van der Waals surface area contributed by atoms with Crippen LogP contribution in [0.15, 0.2) is 18.2 Å². The first-order chi connectivity index (χ1) is 12.2. The number of hydrogen-bond acceptors (Lipinski definition) is 5. The molecular formula is C19H28N4O2. The van der Waals surface area contributed by atoms with E-state index >= 15 is 0 Å². The molecule has 0 radical (unpaired) electrons. The molecule has 0 bridgehead atoms. The molecule has 6 nitrogen and oxygen atoms in total. The van der Waals surface area contributed by atoms with Crippen LogP contribution in [0.5, 0.6) is 0 Å². The van der Waals surface area contributed by atoms with E-state index in [1.807, 2.05) is 13.0 Å². The third-order valence-electron chi connectivity index (χ3n) is 5.80. The Bertz CT molecular complexity index is 617. The predicted molar refractivity (Wildman–Crippen MR) is 95.2 cm³/mol. The summed E-state index contributed by atoms with van der Waals surface area (Å²) in [5.74, 6) is 0.324. The van der Waals surface area contributed by atoms with Gasteiger partial charge in [-0.1, -0.05) is 6.07 Å². The number of likely N-dealkylation sites (tertiary alicyclic amines) is 2. The van der Waals surface area contributed by atoms with E-state index in [0.29, 0.717) is 24.4 Å². The van der Waals surface area contributed by atoms with Gasteiger partial charge in [0.15, 0.2) is 0 Å². The van der Waals surface area contributed by atoms with E-state index in [1.54, 1.807) is 0 Å². The summed E-state index contributed by atoms with van der Waals surface area (Å²) in [5.41, 5.74) is 2.17. The fourth-order valence-electron chi connectivity index (χ4n) is 4.47. The topological polar surface area (TPSA) is 48.9 Å². The number of aromatic nitrogens is 1. The minimum atomic E-state index is 0.324. The van der Waals surface area contributed by atoms with Gasteiger partial charge in [-0.3, -0.25) is 19.6 Å². The normalized spacial score (nSPS) is 27.9. The molecule has 136 valence electrons. The lowest BCUT2D eigenvalue weighted by Crippen LogP contribution is -2.44. The van der Waals surface area contributed by atoms with Crippen molar-refractivity contribution < 1.29 is 9.53 Å². The van der Waals surface area contributed by atoms with Gasteiger partial charge < -0.3 is 9.64 Å². The summed E-state index contributed by atoms with van der Waals surface area (Å²) < 4.78 is 5.41. The zero-order valence-corrected chi connectivity index (χ0v) is 15.1. The van der Waals surface area contributed by atoms with Crippen LogP contribution in [-0.4, -0.2) is 83.6 Å². The number of hydrogen-bond donors (Lipinski definition) is 0. The number of pyridine rings is 1. The zero-order chi connectivity index (χ0) is 17.2. The summed E-state index contributed by atoms with van der Waals surface area (Å²) in [6, 6.07) is 6.94. The van der Waals surface area contributed by atoms with Gasteiger partial charge in [-0.15, -0.1) is 0 Å². The molecule has 25 heavy (non-hydrogen) atoms. The highest BCUT2D eigenvalue weighted by atomic mass is 16.5. The van der Waals surface area contributed by atoms with Crippen molar-refractivity contribution in [2.24, 2.45) is 0 Å². The molecule has 3 fully saturated rings. The summed E-state index contributed by atoms with van der Waals surface area (Å²) in [6.45, 7) is 9.38. The quantitative estimate of drug-likeness (QED) is 0.794. The van der Waals surface area contributed by atoms with Crippen molar-refractivity contribution in [1.82, 2.24) is 19.7 Å². The van der Waals surface area contributed by atoms with Gasteiger partial charge >= 0.3 is 0 Å². The molecule has 6 heteroatoms. The van der Waals surface area contributed by atoms with E-state index in [2.05, 4.69) is 31.8 Å². The van der Waals surface area contributed by atoms with Crippen molar-refractivity contribution in [2.45, 2.75) is 38.4 Å². The fourth-order valence-corrected chi connectivity index (χ4v) is 4.47. The highest BCUT2D eigenvalue weighted by Crippen LogP contribution is 2.33. The Morgan fingerprint density at radius 3 is 2.80 bits per heavy atom. The highest BCUT2D eigenvalue weighted by molar-refractivity contribution is 5.80. The minimum Gasteiger partial charge on any atom is -0.379 e. The van der Waals surface area contributed by atoms with Crippen LogP contribution in [0.4, 0.5) is 0 Å². The summed E-state index contributed by atoms with van der Waals surface area (Å²) in [7, 11) is 0. The molecule has 2 atom stereocenters. The third kappa shape index (κ3) is 3.71. The van der Waals surface area contributed by atoms with E-state index in [9.17, 15) is 4.79 Å². The summed E-state index contributed by atoms with van der Waals surface area (Å²) in [6.07, 6.45) is 1.75. The molecule has 4 heterocycles. The Balaban J connectivity index is 1.35. The van der Waals surface area contributed by atoms with Gasteiger partial charge in [0.05, 0.1) is 18.9 Å². The number of carbonyl (C=O) groups excluding carboxylic acids is 1. The first-order valence-corrected chi connectivity index (χ1v) is 9.47. The zero-order valence-electron chi connectivity index (χ0n) is 15.1. The molecule has 3 saturated heterocycles. The Kier molecular flexibility index (Phi) is 5.01. The van der Waals surface area contributed by atoms with Gasteiger partial charge in [-0.05, 0) is 25.5 Å². The van der Waals surface area contributed by atoms with Crippen LogP contribution in [0, 0.1) is 6.92 Å². The number of morpholine rings is 1. The van der Waals surface area contributed by atoms with Crippen LogP contribution in [0.1, 0.15) is 24.2 Å². The monoisotopic (exact) mass is 344 g/mol. The van der Waals surface area contributed by atoms with Crippen LogP contribution >= 0.6 is 0 Å². The first-order valence-electron chi connectivity index (χ1n) is 9.47. The van der Waals surface area contributed by atoms with Gasteiger partial charge in [0.25, 0.3) is 0 Å². The van der Waals surface area contributed by atoms with Crippen LogP contribution in [0.2, 0.25) is 0 Å². The van der Waals surface area contributed by atoms with Gasteiger partial charge in [-0.25, -0.2) is 0 Å². The van der Waals surface area contributed by atoms with Crippen molar-refractivity contribution in [1.29, 1.82) is 0 Å². The molecule has 0 aliphatic carbocycles. The lowest BCUT2D eigenvalue weighted by molar-refractivity contribution is -0.129. The number of carbonyl (C=O) groups is 1. The maximum atomic E-state index is 12.6. The number of aryl methyl sites for hydroxylation is 1. The van der Waals surface area contributed by atoms with Crippen LogP contribution < -0.4 is 0 Å². The number of nitrogens with zero attached hydrogens (tertiary/aromatic N) is 4. The molecule has 0 unspecified atom stereocenters. The average molecular weight is 344 g/mol. The average Bonchev–Trinajstić information content (AvgIpc) is 3.13. The van der Waals surface area contributed by atoms with Crippen molar-refractivity contribution in [3.63, 3.8) is 0 Å². The molecule has 3 aliphatic rings. The second-order valence-electron chi connectivity index (χ2n) is 7.41. The van der Waals surface area contributed by atoms with Gasteiger partial charge in [0.2, 0.25) is 5.91 Å². The Morgan fingerprint density at radius 1 is 1.16 bits per heavy atom. The van der Waals surface area contributed by atoms with Gasteiger partial charge in [0.1, 0.15) is 0 Å². The Hall–Kier alpha value is -1.50. The second kappa shape index (κ2) is 7.40. The maximum Gasteiger partial charge on any atom is 0.224 e. The van der Waals surface area contributed by atoms with E-state index < -0.39 is 0 Å². The van der Waals surface area contributed by atoms with E-state index in [-0.39, 0.29) is 0 Å². The molecule has 0 saturated carbocycles. The predicted octanol–water partition coefficient (Wildman–Crippen LogP) is 0.897. The molecule has 0 aromatic carbocycles. The van der Waals surface area contributed by atoms with Crippen molar-refractivity contribution >= 4 is 5.91 Å². The number of amides is 1. The van der Waals surface area contributed by atoms with Gasteiger partial charge in [-0.2, -0.15) is 0 Å². The largest absolute Gasteiger partial charge is 0.379 e. The standard InChI is InChI=1S/C19H28N4O2/c1-15-3-2-4-16(20-15)14-22-6-5-17-18(22)13-19(24)23(17)8-7-21-9-11-25-12-10-21/h2-4,17-18H,5-14H2,1H3/t17-,18+/m1/s1. The lowest BCUT2D eigenvalue weighted by Gasteiger charge is -2.30. The summed E-state index contributed by atoms with van der Waals surface area (Å²) >= 11 is 0. The molecule has 0 spiro atoms. The molecule has 3 aliphatic heterocycles. The maximum absolute atomic E-state index is 12.6.